The SMILES string of the molecule is CCOCCCN1C(=O)/C(=C\c2c(Oc3cccc(C)c3)nc3ccccn3c2=O)SC1=S. The third-order valence-electron chi connectivity index (χ3n) is 4.96. The maximum absolute atomic E-state index is 13.3. The Labute approximate surface area is 201 Å². The molecule has 0 aliphatic carbocycles. The number of hydrogen-bond acceptors (Lipinski definition) is 7. The molecule has 3 aromatic rings. The van der Waals surface area contributed by atoms with E-state index < -0.39 is 0 Å². The second-order valence-corrected chi connectivity index (χ2v) is 9.04. The minimum atomic E-state index is -0.329. The fourth-order valence-electron chi connectivity index (χ4n) is 3.37. The van der Waals surface area contributed by atoms with E-state index in [0.717, 1.165) is 5.56 Å². The molecule has 33 heavy (non-hydrogen) atoms. The summed E-state index contributed by atoms with van der Waals surface area (Å²) in [5.41, 5.74) is 1.32. The number of carbonyl (C=O) groups excluding carboxylic acids is 1. The van der Waals surface area contributed by atoms with Crippen LogP contribution in [0.5, 0.6) is 11.6 Å². The zero-order valence-corrected chi connectivity index (χ0v) is 19.9. The van der Waals surface area contributed by atoms with Crippen molar-refractivity contribution in [3.63, 3.8) is 0 Å². The van der Waals surface area contributed by atoms with E-state index in [1.807, 2.05) is 32.0 Å². The number of nitrogens with zero attached hydrogens (tertiary/aromatic N) is 3. The Balaban J connectivity index is 1.72. The molecular formula is C24H23N3O4S2. The summed E-state index contributed by atoms with van der Waals surface area (Å²) in [5, 5.41) is 0. The Kier molecular flexibility index (Phi) is 7.22. The highest BCUT2D eigenvalue weighted by molar-refractivity contribution is 8.26. The fraction of sp³-hybridized carbons (Fsp3) is 0.250. The molecule has 1 aromatic carbocycles. The van der Waals surface area contributed by atoms with Gasteiger partial charge < -0.3 is 9.47 Å². The average molecular weight is 482 g/mol. The first kappa shape index (κ1) is 23.2. The van der Waals surface area contributed by atoms with Crippen molar-refractivity contribution >= 4 is 45.9 Å². The molecule has 4 rings (SSSR count). The van der Waals surface area contributed by atoms with Gasteiger partial charge in [0.15, 0.2) is 0 Å². The highest BCUT2D eigenvalue weighted by atomic mass is 32.2. The lowest BCUT2D eigenvalue weighted by Crippen LogP contribution is -2.29. The third-order valence-corrected chi connectivity index (χ3v) is 6.34. The van der Waals surface area contributed by atoms with Crippen LogP contribution in [0.4, 0.5) is 0 Å². The van der Waals surface area contributed by atoms with Crippen LogP contribution in [-0.4, -0.2) is 44.3 Å². The molecule has 1 saturated heterocycles. The van der Waals surface area contributed by atoms with Crippen LogP contribution in [0.2, 0.25) is 0 Å². The van der Waals surface area contributed by atoms with E-state index in [1.54, 1.807) is 30.5 Å². The first-order chi connectivity index (χ1) is 16.0. The van der Waals surface area contributed by atoms with Crippen LogP contribution in [0, 0.1) is 6.92 Å². The highest BCUT2D eigenvalue weighted by Crippen LogP contribution is 2.34. The van der Waals surface area contributed by atoms with E-state index in [1.165, 1.54) is 27.1 Å². The maximum atomic E-state index is 13.3. The molecule has 1 amide bonds. The second-order valence-electron chi connectivity index (χ2n) is 7.37. The number of thioether (sulfide) groups is 1. The monoisotopic (exact) mass is 481 g/mol. The van der Waals surface area contributed by atoms with Gasteiger partial charge in [-0.1, -0.05) is 42.2 Å². The molecule has 3 heterocycles. The molecular weight excluding hydrogens is 458 g/mol. The van der Waals surface area contributed by atoms with Gasteiger partial charge in [0.1, 0.15) is 21.3 Å². The Bertz CT molecular complexity index is 1300. The number of amides is 1. The summed E-state index contributed by atoms with van der Waals surface area (Å²) >= 11 is 6.58. The minimum Gasteiger partial charge on any atom is -0.438 e. The number of fused-ring (bicyclic) bond motifs is 1. The van der Waals surface area contributed by atoms with Gasteiger partial charge in [-0.15, -0.1) is 0 Å². The Hall–Kier alpha value is -3.01. The molecule has 1 fully saturated rings. The summed E-state index contributed by atoms with van der Waals surface area (Å²) in [5.74, 6) is 0.458. The molecule has 0 atom stereocenters. The van der Waals surface area contributed by atoms with Crippen molar-refractivity contribution in [1.29, 1.82) is 0 Å². The van der Waals surface area contributed by atoms with Crippen molar-refractivity contribution in [3.05, 3.63) is 75.0 Å². The molecule has 170 valence electrons. The van der Waals surface area contributed by atoms with Crippen LogP contribution in [0.25, 0.3) is 11.7 Å². The summed E-state index contributed by atoms with van der Waals surface area (Å²) in [6.45, 7) is 5.52. The van der Waals surface area contributed by atoms with E-state index in [9.17, 15) is 9.59 Å². The Morgan fingerprint density at radius 3 is 2.82 bits per heavy atom. The van der Waals surface area contributed by atoms with Crippen molar-refractivity contribution in [2.45, 2.75) is 20.3 Å². The van der Waals surface area contributed by atoms with Crippen molar-refractivity contribution in [1.82, 2.24) is 14.3 Å². The number of aromatic nitrogens is 2. The molecule has 0 N–H and O–H groups in total. The first-order valence-electron chi connectivity index (χ1n) is 10.6. The van der Waals surface area contributed by atoms with Gasteiger partial charge in [0.25, 0.3) is 11.5 Å². The molecule has 0 spiro atoms. The van der Waals surface area contributed by atoms with E-state index in [-0.39, 0.29) is 22.9 Å². The number of carbonyl (C=O) groups is 1. The lowest BCUT2D eigenvalue weighted by Gasteiger charge is -2.14. The molecule has 1 aliphatic heterocycles. The molecule has 9 heteroatoms. The first-order valence-corrected chi connectivity index (χ1v) is 11.8. The lowest BCUT2D eigenvalue weighted by atomic mass is 10.2. The van der Waals surface area contributed by atoms with Crippen LogP contribution in [0.1, 0.15) is 24.5 Å². The summed E-state index contributed by atoms with van der Waals surface area (Å²) < 4.78 is 13.3. The van der Waals surface area contributed by atoms with Gasteiger partial charge in [-0.2, -0.15) is 4.98 Å². The second kappa shape index (κ2) is 10.3. The fourth-order valence-corrected chi connectivity index (χ4v) is 4.66. The van der Waals surface area contributed by atoms with Gasteiger partial charge in [0.2, 0.25) is 5.88 Å². The van der Waals surface area contributed by atoms with Gasteiger partial charge in [-0.3, -0.25) is 18.9 Å². The predicted molar refractivity (Wildman–Crippen MR) is 134 cm³/mol. The highest BCUT2D eigenvalue weighted by Gasteiger charge is 2.32. The Morgan fingerprint density at radius 2 is 2.03 bits per heavy atom. The molecule has 7 nitrogen and oxygen atoms in total. The predicted octanol–water partition coefficient (Wildman–Crippen LogP) is 4.42. The summed E-state index contributed by atoms with van der Waals surface area (Å²) in [4.78, 5) is 32.8. The maximum Gasteiger partial charge on any atom is 0.269 e. The van der Waals surface area contributed by atoms with Gasteiger partial charge in [0.05, 0.1) is 4.91 Å². The number of thiocarbonyl (C=S) groups is 1. The normalized spacial score (nSPS) is 15.1. The van der Waals surface area contributed by atoms with Crippen LogP contribution >= 0.6 is 24.0 Å². The Morgan fingerprint density at radius 1 is 1.18 bits per heavy atom. The number of aryl methyl sites for hydroxylation is 1. The smallest absolute Gasteiger partial charge is 0.269 e. The molecule has 0 unspecified atom stereocenters. The largest absolute Gasteiger partial charge is 0.438 e. The zero-order valence-electron chi connectivity index (χ0n) is 18.3. The molecule has 2 aromatic heterocycles. The third kappa shape index (κ3) is 5.16. The van der Waals surface area contributed by atoms with Gasteiger partial charge in [-0.05, 0) is 56.2 Å². The quantitative estimate of drug-likeness (QED) is 0.268. The van der Waals surface area contributed by atoms with Crippen molar-refractivity contribution in [3.8, 4) is 11.6 Å². The molecule has 0 bridgehead atoms. The van der Waals surface area contributed by atoms with Crippen molar-refractivity contribution in [2.75, 3.05) is 19.8 Å². The standard InChI is InChI=1S/C24H23N3O4S2/c1-3-30-13-7-12-27-23(29)19(33-24(27)32)15-18-21(31-17-9-6-8-16(2)14-17)25-20-10-4-5-11-26(20)22(18)28/h4-6,8-11,14-15H,3,7,12-13H2,1-2H3/b19-15+. The summed E-state index contributed by atoms with van der Waals surface area (Å²) in [7, 11) is 0. The van der Waals surface area contributed by atoms with Crippen molar-refractivity contribution < 1.29 is 14.3 Å². The van der Waals surface area contributed by atoms with Crippen LogP contribution in [0.3, 0.4) is 0 Å². The van der Waals surface area contributed by atoms with Gasteiger partial charge in [0, 0.05) is 26.0 Å². The summed E-state index contributed by atoms with van der Waals surface area (Å²) in [6, 6.07) is 12.7. The summed E-state index contributed by atoms with van der Waals surface area (Å²) in [6.07, 6.45) is 3.84. The van der Waals surface area contributed by atoms with Crippen LogP contribution in [0.15, 0.2) is 58.4 Å². The lowest BCUT2D eigenvalue weighted by molar-refractivity contribution is -0.122. The van der Waals surface area contributed by atoms with Gasteiger partial charge >= 0.3 is 0 Å². The zero-order chi connectivity index (χ0) is 23.4. The van der Waals surface area contributed by atoms with E-state index >= 15 is 0 Å². The number of pyridine rings is 1. The van der Waals surface area contributed by atoms with E-state index in [4.69, 9.17) is 21.7 Å². The topological polar surface area (TPSA) is 73.1 Å². The number of ether oxygens (including phenoxy) is 2. The molecule has 0 radical (unpaired) electrons. The number of benzene rings is 1. The minimum absolute atomic E-state index is 0.137. The molecule has 1 aliphatic rings. The van der Waals surface area contributed by atoms with Gasteiger partial charge in [-0.25, -0.2) is 0 Å². The van der Waals surface area contributed by atoms with Crippen LogP contribution < -0.4 is 10.3 Å². The van der Waals surface area contributed by atoms with Crippen LogP contribution in [-0.2, 0) is 9.53 Å². The number of rotatable bonds is 8. The van der Waals surface area contributed by atoms with E-state index in [0.29, 0.717) is 46.8 Å². The van der Waals surface area contributed by atoms with E-state index in [2.05, 4.69) is 4.98 Å². The molecule has 0 saturated carbocycles. The average Bonchev–Trinajstić information content (AvgIpc) is 3.06. The number of hydrogen-bond donors (Lipinski definition) is 0. The van der Waals surface area contributed by atoms with Crippen molar-refractivity contribution in [2.24, 2.45) is 0 Å².